The van der Waals surface area contributed by atoms with E-state index >= 15 is 0 Å². The first-order valence-corrected chi connectivity index (χ1v) is 8.73. The van der Waals surface area contributed by atoms with Crippen LogP contribution in [0.15, 0.2) is 24.3 Å². The number of halogens is 1. The Morgan fingerprint density at radius 2 is 2.00 bits per heavy atom. The Hall–Kier alpha value is -1.03. The van der Waals surface area contributed by atoms with Gasteiger partial charge < -0.3 is 9.64 Å². The number of benzene rings is 1. The van der Waals surface area contributed by atoms with E-state index in [1.165, 1.54) is 0 Å². The minimum Gasteiger partial charge on any atom is -0.493 e. The van der Waals surface area contributed by atoms with Gasteiger partial charge in [-0.15, -0.1) is 0 Å². The highest BCUT2D eigenvalue weighted by Gasteiger charge is 2.33. The molecule has 0 saturated carbocycles. The Kier molecular flexibility index (Phi) is 4.53. The largest absolute Gasteiger partial charge is 0.493 e. The normalized spacial score (nSPS) is 24.1. The average molecular weight is 352 g/mol. The second-order valence-electron chi connectivity index (χ2n) is 6.07. The predicted octanol–water partition coefficient (Wildman–Crippen LogP) is 3.57. The van der Waals surface area contributed by atoms with E-state index in [1.54, 1.807) is 0 Å². The third-order valence-corrected chi connectivity index (χ3v) is 5.51. The first-order valence-electron chi connectivity index (χ1n) is 7.81. The van der Waals surface area contributed by atoms with Crippen LogP contribution in [0.2, 0.25) is 0 Å². The zero-order chi connectivity index (χ0) is 14.8. The first-order chi connectivity index (χ1) is 10.2. The number of hydrogen-bond donors (Lipinski definition) is 0. The van der Waals surface area contributed by atoms with E-state index in [-0.39, 0.29) is 11.8 Å². The summed E-state index contributed by atoms with van der Waals surface area (Å²) in [5, 5.41) is 0. The van der Waals surface area contributed by atoms with E-state index in [0.29, 0.717) is 17.4 Å². The Morgan fingerprint density at radius 3 is 2.71 bits per heavy atom. The lowest BCUT2D eigenvalue weighted by molar-refractivity contribution is -0.134. The van der Waals surface area contributed by atoms with Crippen LogP contribution in [-0.4, -0.2) is 35.3 Å². The van der Waals surface area contributed by atoms with Crippen LogP contribution >= 0.6 is 15.9 Å². The van der Waals surface area contributed by atoms with Crippen molar-refractivity contribution >= 4 is 21.8 Å². The molecule has 2 aliphatic heterocycles. The SMILES string of the molecule is CC(Br)C1CCN(C(=O)C2CCOc3ccccc32)CC1. The van der Waals surface area contributed by atoms with Crippen LogP contribution in [0.25, 0.3) is 0 Å². The molecule has 3 rings (SSSR count). The fourth-order valence-electron chi connectivity index (χ4n) is 3.40. The van der Waals surface area contributed by atoms with Crippen molar-refractivity contribution in [2.24, 2.45) is 5.92 Å². The van der Waals surface area contributed by atoms with Crippen molar-refractivity contribution in [1.29, 1.82) is 0 Å². The van der Waals surface area contributed by atoms with Crippen LogP contribution < -0.4 is 4.74 Å². The number of para-hydroxylation sites is 1. The lowest BCUT2D eigenvalue weighted by Gasteiger charge is -2.36. The van der Waals surface area contributed by atoms with Gasteiger partial charge in [-0.2, -0.15) is 0 Å². The maximum Gasteiger partial charge on any atom is 0.230 e. The summed E-state index contributed by atoms with van der Waals surface area (Å²) in [6.07, 6.45) is 3.00. The number of piperidine rings is 1. The van der Waals surface area contributed by atoms with Crippen molar-refractivity contribution in [2.45, 2.75) is 36.9 Å². The van der Waals surface area contributed by atoms with Crippen LogP contribution in [0, 0.1) is 5.92 Å². The van der Waals surface area contributed by atoms with Crippen LogP contribution in [0.5, 0.6) is 5.75 Å². The molecule has 0 bridgehead atoms. The van der Waals surface area contributed by atoms with E-state index in [0.717, 1.165) is 43.7 Å². The number of rotatable bonds is 2. The summed E-state index contributed by atoms with van der Waals surface area (Å²) in [4.78, 5) is 15.4. The molecule has 0 aliphatic carbocycles. The van der Waals surface area contributed by atoms with E-state index in [9.17, 15) is 4.79 Å². The smallest absolute Gasteiger partial charge is 0.230 e. The Balaban J connectivity index is 1.70. The molecule has 21 heavy (non-hydrogen) atoms. The van der Waals surface area contributed by atoms with Crippen LogP contribution in [0.1, 0.15) is 37.7 Å². The number of alkyl halides is 1. The van der Waals surface area contributed by atoms with Crippen molar-refractivity contribution in [3.8, 4) is 5.75 Å². The van der Waals surface area contributed by atoms with Gasteiger partial charge in [0.1, 0.15) is 5.75 Å². The van der Waals surface area contributed by atoms with Gasteiger partial charge in [0.05, 0.1) is 12.5 Å². The zero-order valence-electron chi connectivity index (χ0n) is 12.4. The molecule has 0 N–H and O–H groups in total. The lowest BCUT2D eigenvalue weighted by atomic mass is 9.89. The molecule has 114 valence electrons. The first kappa shape index (κ1) is 14.9. The zero-order valence-corrected chi connectivity index (χ0v) is 14.0. The van der Waals surface area contributed by atoms with Gasteiger partial charge in [-0.1, -0.05) is 41.1 Å². The van der Waals surface area contributed by atoms with E-state index in [4.69, 9.17) is 4.74 Å². The van der Waals surface area contributed by atoms with Gasteiger partial charge in [-0.3, -0.25) is 4.79 Å². The molecule has 1 amide bonds. The summed E-state index contributed by atoms with van der Waals surface area (Å²) in [6, 6.07) is 7.96. The quantitative estimate of drug-likeness (QED) is 0.762. The van der Waals surface area contributed by atoms with E-state index < -0.39 is 0 Å². The van der Waals surface area contributed by atoms with Crippen molar-refractivity contribution < 1.29 is 9.53 Å². The lowest BCUT2D eigenvalue weighted by Crippen LogP contribution is -2.43. The average Bonchev–Trinajstić information content (AvgIpc) is 2.53. The molecule has 0 spiro atoms. The third-order valence-electron chi connectivity index (χ3n) is 4.76. The molecule has 0 aromatic heterocycles. The molecule has 2 atom stereocenters. The van der Waals surface area contributed by atoms with Crippen LogP contribution in [-0.2, 0) is 4.79 Å². The second kappa shape index (κ2) is 6.39. The predicted molar refractivity (Wildman–Crippen MR) is 87.0 cm³/mol. The summed E-state index contributed by atoms with van der Waals surface area (Å²) in [6.45, 7) is 4.62. The molecule has 1 saturated heterocycles. The monoisotopic (exact) mass is 351 g/mol. The highest BCUT2D eigenvalue weighted by molar-refractivity contribution is 9.09. The fourth-order valence-corrected chi connectivity index (χ4v) is 3.93. The molecule has 1 fully saturated rings. The number of hydrogen-bond acceptors (Lipinski definition) is 2. The van der Waals surface area contributed by atoms with Gasteiger partial charge in [0.2, 0.25) is 5.91 Å². The number of likely N-dealkylation sites (tertiary alicyclic amines) is 1. The molecule has 2 heterocycles. The molecule has 0 radical (unpaired) electrons. The molecule has 1 aromatic rings. The molecule has 1 aromatic carbocycles. The van der Waals surface area contributed by atoms with Gasteiger partial charge in [0.25, 0.3) is 0 Å². The minimum absolute atomic E-state index is 0.0205. The topological polar surface area (TPSA) is 29.5 Å². The van der Waals surface area contributed by atoms with Crippen molar-refractivity contribution in [3.05, 3.63) is 29.8 Å². The molecule has 2 aliphatic rings. The Bertz CT molecular complexity index is 509. The Morgan fingerprint density at radius 1 is 1.29 bits per heavy atom. The molecular formula is C17H22BrNO2. The van der Waals surface area contributed by atoms with Crippen molar-refractivity contribution in [1.82, 2.24) is 4.90 Å². The number of nitrogens with zero attached hydrogens (tertiary/aromatic N) is 1. The molecule has 4 heteroatoms. The number of fused-ring (bicyclic) bond motifs is 1. The van der Waals surface area contributed by atoms with E-state index in [2.05, 4.69) is 27.8 Å². The van der Waals surface area contributed by atoms with Crippen LogP contribution in [0.4, 0.5) is 0 Å². The summed E-state index contributed by atoms with van der Waals surface area (Å²) in [5.41, 5.74) is 1.06. The van der Waals surface area contributed by atoms with Gasteiger partial charge in [-0.05, 0) is 31.2 Å². The number of ether oxygens (including phenoxy) is 1. The third kappa shape index (κ3) is 3.10. The molecular weight excluding hydrogens is 330 g/mol. The highest BCUT2D eigenvalue weighted by atomic mass is 79.9. The van der Waals surface area contributed by atoms with Crippen LogP contribution in [0.3, 0.4) is 0 Å². The van der Waals surface area contributed by atoms with Crippen molar-refractivity contribution in [2.75, 3.05) is 19.7 Å². The van der Waals surface area contributed by atoms with Gasteiger partial charge in [0.15, 0.2) is 0 Å². The summed E-state index contributed by atoms with van der Waals surface area (Å²) < 4.78 is 5.66. The number of amides is 1. The highest BCUT2D eigenvalue weighted by Crippen LogP contribution is 2.35. The minimum atomic E-state index is -0.0205. The summed E-state index contributed by atoms with van der Waals surface area (Å²) in [5.74, 6) is 1.83. The van der Waals surface area contributed by atoms with E-state index in [1.807, 2.05) is 24.3 Å². The second-order valence-corrected chi connectivity index (χ2v) is 7.51. The van der Waals surface area contributed by atoms with Crippen molar-refractivity contribution in [3.63, 3.8) is 0 Å². The molecule has 2 unspecified atom stereocenters. The summed E-state index contributed by atoms with van der Waals surface area (Å²) in [7, 11) is 0. The Labute approximate surface area is 134 Å². The standard InChI is InChI=1S/C17H22BrNO2/c1-12(18)13-6-9-19(10-7-13)17(20)15-8-11-21-16-5-3-2-4-14(15)16/h2-5,12-13,15H,6-11H2,1H3. The fraction of sp³-hybridized carbons (Fsp3) is 0.588. The number of carbonyl (C=O) groups is 1. The maximum atomic E-state index is 12.9. The summed E-state index contributed by atoms with van der Waals surface area (Å²) >= 11 is 3.67. The van der Waals surface area contributed by atoms with Gasteiger partial charge in [0, 0.05) is 23.5 Å². The molecule has 3 nitrogen and oxygen atoms in total. The number of carbonyl (C=O) groups excluding carboxylic acids is 1. The maximum absolute atomic E-state index is 12.9. The van der Waals surface area contributed by atoms with Gasteiger partial charge in [-0.25, -0.2) is 0 Å². The van der Waals surface area contributed by atoms with Gasteiger partial charge >= 0.3 is 0 Å².